The van der Waals surface area contributed by atoms with Crippen molar-refractivity contribution < 1.29 is 0 Å². The van der Waals surface area contributed by atoms with Crippen LogP contribution in [0.25, 0.3) is 0 Å². The molecule has 58 valence electrons. The Morgan fingerprint density at radius 2 is 2.00 bits per heavy atom. The summed E-state index contributed by atoms with van der Waals surface area (Å²) in [5.41, 5.74) is 0. The second-order valence-electron chi connectivity index (χ2n) is 3.14. The van der Waals surface area contributed by atoms with Gasteiger partial charge in [-0.25, -0.2) is 0 Å². The van der Waals surface area contributed by atoms with Crippen molar-refractivity contribution in [3.8, 4) is 12.1 Å². The van der Waals surface area contributed by atoms with Crippen LogP contribution in [0.2, 0.25) is 0 Å². The van der Waals surface area contributed by atoms with E-state index in [0.29, 0.717) is 5.92 Å². The van der Waals surface area contributed by atoms with E-state index in [4.69, 9.17) is 10.5 Å². The van der Waals surface area contributed by atoms with Crippen molar-refractivity contribution >= 4 is 0 Å². The topological polar surface area (TPSA) is 47.6 Å². The molecule has 0 saturated heterocycles. The van der Waals surface area contributed by atoms with Crippen molar-refractivity contribution in [3.05, 3.63) is 0 Å². The van der Waals surface area contributed by atoms with Gasteiger partial charge >= 0.3 is 0 Å². The molecule has 3 atom stereocenters. The molecule has 0 aliphatic heterocycles. The van der Waals surface area contributed by atoms with E-state index < -0.39 is 0 Å². The molecule has 0 bridgehead atoms. The Hall–Kier alpha value is -1.02. The summed E-state index contributed by atoms with van der Waals surface area (Å²) in [6.45, 7) is 2.09. The average molecular weight is 148 g/mol. The Morgan fingerprint density at radius 3 is 2.45 bits per heavy atom. The fourth-order valence-corrected chi connectivity index (χ4v) is 1.88. The van der Waals surface area contributed by atoms with Crippen LogP contribution in [0.15, 0.2) is 0 Å². The Bertz CT molecular complexity index is 209. The molecule has 1 saturated carbocycles. The van der Waals surface area contributed by atoms with Crippen LogP contribution in [0.1, 0.15) is 26.2 Å². The first-order chi connectivity index (χ1) is 5.33. The van der Waals surface area contributed by atoms with Gasteiger partial charge < -0.3 is 0 Å². The van der Waals surface area contributed by atoms with Crippen molar-refractivity contribution in [2.75, 3.05) is 0 Å². The first-order valence-corrected chi connectivity index (χ1v) is 4.12. The molecule has 0 N–H and O–H groups in total. The minimum absolute atomic E-state index is 0.00458. The number of hydrogen-bond acceptors (Lipinski definition) is 2. The predicted octanol–water partition coefficient (Wildman–Crippen LogP) is 2.09. The van der Waals surface area contributed by atoms with Crippen LogP contribution in [0, 0.1) is 40.4 Å². The van der Waals surface area contributed by atoms with E-state index in [9.17, 15) is 0 Å². The lowest BCUT2D eigenvalue weighted by Gasteiger charge is -2.10. The van der Waals surface area contributed by atoms with Gasteiger partial charge in [0.1, 0.15) is 0 Å². The van der Waals surface area contributed by atoms with Crippen LogP contribution < -0.4 is 0 Å². The molecule has 3 unspecified atom stereocenters. The monoisotopic (exact) mass is 148 g/mol. The molecule has 0 heterocycles. The van der Waals surface area contributed by atoms with Gasteiger partial charge in [-0.3, -0.25) is 0 Å². The Morgan fingerprint density at radius 1 is 1.27 bits per heavy atom. The van der Waals surface area contributed by atoms with Crippen molar-refractivity contribution in [3.63, 3.8) is 0 Å². The third kappa shape index (κ3) is 1.35. The van der Waals surface area contributed by atoms with Crippen molar-refractivity contribution in [2.24, 2.45) is 17.8 Å². The van der Waals surface area contributed by atoms with Gasteiger partial charge in [-0.05, 0) is 18.8 Å². The minimum Gasteiger partial charge on any atom is -0.198 e. The largest absolute Gasteiger partial charge is 0.198 e. The Labute approximate surface area is 67.4 Å². The van der Waals surface area contributed by atoms with Crippen LogP contribution in [-0.2, 0) is 0 Å². The molecule has 0 aromatic rings. The summed E-state index contributed by atoms with van der Waals surface area (Å²) in [6, 6.07) is 4.45. The van der Waals surface area contributed by atoms with Gasteiger partial charge in [0.2, 0.25) is 0 Å². The summed E-state index contributed by atoms with van der Waals surface area (Å²) >= 11 is 0. The lowest BCUT2D eigenvalue weighted by atomic mass is 9.90. The number of hydrogen-bond donors (Lipinski definition) is 0. The standard InChI is InChI=1S/C9H12N2/c1-2-7-3-4-8(5-10)9(7)6-11/h7-9H,2-4H2,1H3. The number of nitrogens with zero attached hydrogens (tertiary/aromatic N) is 2. The first-order valence-electron chi connectivity index (χ1n) is 4.12. The zero-order valence-corrected chi connectivity index (χ0v) is 6.75. The highest BCUT2D eigenvalue weighted by atomic mass is 14.4. The second-order valence-corrected chi connectivity index (χ2v) is 3.14. The third-order valence-electron chi connectivity index (χ3n) is 2.63. The van der Waals surface area contributed by atoms with Crippen LogP contribution in [-0.4, -0.2) is 0 Å². The Balaban J connectivity index is 2.66. The molecule has 0 amide bonds. The lowest BCUT2D eigenvalue weighted by Crippen LogP contribution is -2.10. The molecule has 1 fully saturated rings. The molecular formula is C9H12N2. The highest BCUT2D eigenvalue weighted by molar-refractivity contribution is 5.04. The molecule has 1 aliphatic rings. The minimum atomic E-state index is 0.00458. The Kier molecular flexibility index (Phi) is 2.49. The molecule has 1 rings (SSSR count). The fourth-order valence-electron chi connectivity index (χ4n) is 1.88. The summed E-state index contributed by atoms with van der Waals surface area (Å²) in [5.74, 6) is 0.486. The van der Waals surface area contributed by atoms with Gasteiger partial charge in [-0.2, -0.15) is 10.5 Å². The molecule has 1 aliphatic carbocycles. The van der Waals surface area contributed by atoms with E-state index in [1.54, 1.807) is 0 Å². The lowest BCUT2D eigenvalue weighted by molar-refractivity contribution is 0.424. The summed E-state index contributed by atoms with van der Waals surface area (Å²) in [7, 11) is 0. The number of nitriles is 2. The van der Waals surface area contributed by atoms with Crippen LogP contribution in [0.3, 0.4) is 0 Å². The zero-order valence-electron chi connectivity index (χ0n) is 6.75. The highest BCUT2D eigenvalue weighted by Crippen LogP contribution is 2.37. The molecule has 0 aromatic heterocycles. The molecule has 2 nitrogen and oxygen atoms in total. The molecule has 11 heavy (non-hydrogen) atoms. The maximum absolute atomic E-state index is 8.77. The normalized spacial score (nSPS) is 36.1. The van der Waals surface area contributed by atoms with Crippen LogP contribution in [0.4, 0.5) is 0 Å². The van der Waals surface area contributed by atoms with E-state index in [2.05, 4.69) is 19.1 Å². The van der Waals surface area contributed by atoms with Gasteiger partial charge in [-0.1, -0.05) is 13.3 Å². The van der Waals surface area contributed by atoms with E-state index in [1.165, 1.54) is 0 Å². The first kappa shape index (κ1) is 8.08. The highest BCUT2D eigenvalue weighted by Gasteiger charge is 2.34. The fraction of sp³-hybridized carbons (Fsp3) is 0.778. The van der Waals surface area contributed by atoms with Crippen LogP contribution >= 0.6 is 0 Å². The summed E-state index contributed by atoms with van der Waals surface area (Å²) in [4.78, 5) is 0. The molecule has 0 spiro atoms. The van der Waals surface area contributed by atoms with E-state index in [0.717, 1.165) is 19.3 Å². The zero-order chi connectivity index (χ0) is 8.27. The molecule has 2 heteroatoms. The second kappa shape index (κ2) is 3.39. The van der Waals surface area contributed by atoms with Gasteiger partial charge in [0.05, 0.1) is 24.0 Å². The molecular weight excluding hydrogens is 136 g/mol. The van der Waals surface area contributed by atoms with E-state index >= 15 is 0 Å². The summed E-state index contributed by atoms with van der Waals surface area (Å²) in [5, 5.41) is 17.4. The van der Waals surface area contributed by atoms with Gasteiger partial charge in [0.15, 0.2) is 0 Å². The average Bonchev–Trinajstić information content (AvgIpc) is 2.45. The smallest absolute Gasteiger partial charge is 0.0672 e. The molecule has 0 radical (unpaired) electrons. The van der Waals surface area contributed by atoms with Gasteiger partial charge in [0.25, 0.3) is 0 Å². The van der Waals surface area contributed by atoms with Gasteiger partial charge in [-0.15, -0.1) is 0 Å². The maximum Gasteiger partial charge on any atom is 0.0672 e. The van der Waals surface area contributed by atoms with Crippen molar-refractivity contribution in [1.82, 2.24) is 0 Å². The van der Waals surface area contributed by atoms with E-state index in [-0.39, 0.29) is 11.8 Å². The van der Waals surface area contributed by atoms with Gasteiger partial charge in [0, 0.05) is 0 Å². The quantitative estimate of drug-likeness (QED) is 0.571. The SMILES string of the molecule is CCC1CCC(C#N)C1C#N. The van der Waals surface area contributed by atoms with E-state index in [1.807, 2.05) is 0 Å². The predicted molar refractivity (Wildman–Crippen MR) is 41.2 cm³/mol. The summed E-state index contributed by atoms with van der Waals surface area (Å²) in [6.07, 6.45) is 3.02. The van der Waals surface area contributed by atoms with Crippen LogP contribution in [0.5, 0.6) is 0 Å². The van der Waals surface area contributed by atoms with Crippen molar-refractivity contribution in [2.45, 2.75) is 26.2 Å². The summed E-state index contributed by atoms with van der Waals surface area (Å²) < 4.78 is 0. The van der Waals surface area contributed by atoms with Crippen molar-refractivity contribution in [1.29, 1.82) is 10.5 Å². The maximum atomic E-state index is 8.77. The number of rotatable bonds is 1. The molecule has 0 aromatic carbocycles. The third-order valence-corrected chi connectivity index (χ3v) is 2.63.